The molecule has 1 unspecified atom stereocenters. The highest BCUT2D eigenvalue weighted by atomic mass is 19.4. The van der Waals surface area contributed by atoms with Gasteiger partial charge in [0.05, 0.1) is 18.3 Å². The summed E-state index contributed by atoms with van der Waals surface area (Å²) in [5.41, 5.74) is -7.75. The lowest BCUT2D eigenvalue weighted by atomic mass is 9.87. The first-order valence-electron chi connectivity index (χ1n) is 15.5. The van der Waals surface area contributed by atoms with Crippen LogP contribution in [0.15, 0.2) is 48.7 Å². The molecule has 4 rings (SSSR count). The van der Waals surface area contributed by atoms with Crippen LogP contribution in [0.2, 0.25) is 0 Å². The van der Waals surface area contributed by atoms with Crippen LogP contribution in [-0.2, 0) is 35.3 Å². The number of halogens is 7. The van der Waals surface area contributed by atoms with Crippen LogP contribution < -0.4 is 14.8 Å². The zero-order valence-electron chi connectivity index (χ0n) is 27.4. The molecule has 0 radical (unpaired) electrons. The molecule has 1 aliphatic heterocycles. The Hall–Kier alpha value is -4.40. The summed E-state index contributed by atoms with van der Waals surface area (Å²) in [6.07, 6.45) is -10.4. The second-order valence-electron chi connectivity index (χ2n) is 12.2. The standard InChI is InChI=1S/C34H36F7N3O5/c1-6-8-20-14-23(32(47,33(36,37)38)34(39,40)41)15-21(9-7-2)28(20)49-25-12-13-42-24(17-25)18-44-29(45)31(5,43-30(44)46)22-10-11-27(26(35)16-22)48-19(3)4/h10-17,19,47H,6-9,18H2,1-5H3,(H,43,46). The number of carbonyl (C=O) groups is 2. The van der Waals surface area contributed by atoms with Gasteiger partial charge in [0.15, 0.2) is 11.6 Å². The Morgan fingerprint density at radius 1 is 0.939 bits per heavy atom. The summed E-state index contributed by atoms with van der Waals surface area (Å²) in [5.74, 6) is -1.35. The molecule has 1 aliphatic rings. The van der Waals surface area contributed by atoms with Crippen LogP contribution in [0.3, 0.4) is 0 Å². The highest BCUT2D eigenvalue weighted by Crippen LogP contribution is 2.51. The van der Waals surface area contributed by atoms with Crippen LogP contribution in [0, 0.1) is 5.82 Å². The average Bonchev–Trinajstić information content (AvgIpc) is 3.21. The highest BCUT2D eigenvalue weighted by molar-refractivity contribution is 6.07. The number of imide groups is 1. The molecule has 266 valence electrons. The summed E-state index contributed by atoms with van der Waals surface area (Å²) in [4.78, 5) is 31.6. The fourth-order valence-corrected chi connectivity index (χ4v) is 5.58. The molecule has 1 saturated heterocycles. The number of pyridine rings is 1. The van der Waals surface area contributed by atoms with Crippen LogP contribution in [-0.4, -0.2) is 45.4 Å². The zero-order valence-corrected chi connectivity index (χ0v) is 27.4. The number of rotatable bonds is 12. The summed E-state index contributed by atoms with van der Waals surface area (Å²) in [5, 5.41) is 12.7. The Balaban J connectivity index is 1.66. The van der Waals surface area contributed by atoms with Crippen LogP contribution in [0.5, 0.6) is 17.2 Å². The fraction of sp³-hybridized carbons (Fsp3) is 0.441. The fourth-order valence-electron chi connectivity index (χ4n) is 5.58. The number of urea groups is 1. The smallest absolute Gasteiger partial charge is 0.430 e. The van der Waals surface area contributed by atoms with E-state index in [0.717, 1.165) is 11.0 Å². The topological polar surface area (TPSA) is 101 Å². The van der Waals surface area contributed by atoms with Gasteiger partial charge in [0.2, 0.25) is 0 Å². The number of alkyl halides is 6. The lowest BCUT2D eigenvalue weighted by Crippen LogP contribution is -2.54. The van der Waals surface area contributed by atoms with E-state index < -0.39 is 46.8 Å². The van der Waals surface area contributed by atoms with Gasteiger partial charge >= 0.3 is 18.4 Å². The van der Waals surface area contributed by atoms with E-state index in [-0.39, 0.29) is 65.1 Å². The molecular weight excluding hydrogens is 663 g/mol. The molecule has 0 saturated carbocycles. The van der Waals surface area contributed by atoms with E-state index in [9.17, 15) is 45.4 Å². The maximum Gasteiger partial charge on any atom is 0.430 e. The third kappa shape index (κ3) is 7.31. The van der Waals surface area contributed by atoms with E-state index >= 15 is 0 Å². The number of nitrogens with one attached hydrogen (secondary N) is 1. The van der Waals surface area contributed by atoms with Crippen molar-refractivity contribution in [3.63, 3.8) is 0 Å². The van der Waals surface area contributed by atoms with Gasteiger partial charge in [-0.05, 0) is 80.6 Å². The molecule has 0 aliphatic carbocycles. The number of carbonyl (C=O) groups excluding carboxylic acids is 2. The summed E-state index contributed by atoms with van der Waals surface area (Å²) in [7, 11) is 0. The Labute approximate surface area is 278 Å². The van der Waals surface area contributed by atoms with Crippen molar-refractivity contribution in [2.75, 3.05) is 0 Å². The minimum Gasteiger partial charge on any atom is -0.488 e. The van der Waals surface area contributed by atoms with E-state index in [0.29, 0.717) is 25.0 Å². The lowest BCUT2D eigenvalue weighted by Gasteiger charge is -2.33. The second-order valence-corrected chi connectivity index (χ2v) is 12.2. The zero-order chi connectivity index (χ0) is 36.5. The van der Waals surface area contributed by atoms with Gasteiger partial charge in [0.1, 0.15) is 17.0 Å². The number of hydrogen-bond donors (Lipinski definition) is 2. The van der Waals surface area contributed by atoms with Crippen molar-refractivity contribution in [3.05, 3.63) is 82.4 Å². The number of aromatic nitrogens is 1. The van der Waals surface area contributed by atoms with Crippen LogP contribution >= 0.6 is 0 Å². The van der Waals surface area contributed by atoms with E-state index in [1.807, 2.05) is 0 Å². The number of aryl methyl sites for hydroxylation is 2. The van der Waals surface area contributed by atoms with Crippen LogP contribution in [0.25, 0.3) is 0 Å². The number of ether oxygens (including phenoxy) is 2. The second kappa shape index (κ2) is 13.8. The van der Waals surface area contributed by atoms with Gasteiger partial charge in [-0.15, -0.1) is 0 Å². The summed E-state index contributed by atoms with van der Waals surface area (Å²) < 4.78 is 109. The number of benzene rings is 2. The molecule has 1 atom stereocenters. The monoisotopic (exact) mass is 699 g/mol. The van der Waals surface area contributed by atoms with Gasteiger partial charge in [0.25, 0.3) is 11.5 Å². The van der Waals surface area contributed by atoms with Gasteiger partial charge < -0.3 is 19.9 Å². The Kier molecular flexibility index (Phi) is 10.6. The van der Waals surface area contributed by atoms with Crippen molar-refractivity contribution < 1.29 is 54.9 Å². The van der Waals surface area contributed by atoms with Crippen molar-refractivity contribution in [1.29, 1.82) is 0 Å². The van der Waals surface area contributed by atoms with Crippen molar-refractivity contribution in [3.8, 4) is 17.2 Å². The summed E-state index contributed by atoms with van der Waals surface area (Å²) >= 11 is 0. The first kappa shape index (κ1) is 37.4. The Bertz CT molecular complexity index is 1670. The van der Waals surface area contributed by atoms with Crippen molar-refractivity contribution in [1.82, 2.24) is 15.2 Å². The van der Waals surface area contributed by atoms with E-state index in [2.05, 4.69) is 10.3 Å². The Morgan fingerprint density at radius 2 is 1.53 bits per heavy atom. The molecule has 1 aromatic heterocycles. The van der Waals surface area contributed by atoms with Crippen LogP contribution in [0.4, 0.5) is 35.5 Å². The first-order chi connectivity index (χ1) is 22.8. The molecule has 3 amide bonds. The predicted octanol–water partition coefficient (Wildman–Crippen LogP) is 7.98. The van der Waals surface area contributed by atoms with Gasteiger partial charge in [-0.2, -0.15) is 26.3 Å². The summed E-state index contributed by atoms with van der Waals surface area (Å²) in [6, 6.07) is 7.21. The van der Waals surface area contributed by atoms with Crippen molar-refractivity contribution in [2.24, 2.45) is 0 Å². The molecule has 0 spiro atoms. The molecule has 0 bridgehead atoms. The third-order valence-electron chi connectivity index (χ3n) is 7.99. The molecule has 1 fully saturated rings. The number of aliphatic hydroxyl groups is 1. The van der Waals surface area contributed by atoms with E-state index in [1.54, 1.807) is 27.7 Å². The molecule has 2 heterocycles. The molecule has 8 nitrogen and oxygen atoms in total. The van der Waals surface area contributed by atoms with E-state index in [1.165, 1.54) is 37.4 Å². The molecule has 2 N–H and O–H groups in total. The van der Waals surface area contributed by atoms with Gasteiger partial charge in [-0.1, -0.05) is 32.8 Å². The average molecular weight is 700 g/mol. The van der Waals surface area contributed by atoms with Crippen LogP contribution in [0.1, 0.15) is 75.4 Å². The molecule has 3 aromatic rings. The number of nitrogens with zero attached hydrogens (tertiary/aromatic N) is 2. The van der Waals surface area contributed by atoms with Gasteiger partial charge in [-0.25, -0.2) is 9.18 Å². The normalized spacial score (nSPS) is 17.1. The SMILES string of the molecule is CCCc1cc(C(O)(C(F)(F)F)C(F)(F)F)cc(CCC)c1Oc1ccnc(CN2C(=O)NC(C)(c3ccc(OC(C)C)c(F)c3)C2=O)c1. The molecule has 49 heavy (non-hydrogen) atoms. The predicted molar refractivity (Wildman–Crippen MR) is 163 cm³/mol. The first-order valence-corrected chi connectivity index (χ1v) is 15.5. The lowest BCUT2D eigenvalue weighted by molar-refractivity contribution is -0.376. The van der Waals surface area contributed by atoms with Gasteiger partial charge in [-0.3, -0.25) is 14.7 Å². The van der Waals surface area contributed by atoms with E-state index in [4.69, 9.17) is 9.47 Å². The molecule has 2 aromatic carbocycles. The van der Waals surface area contributed by atoms with Gasteiger partial charge in [0, 0.05) is 17.8 Å². The number of amides is 3. The molecular formula is C34H36F7N3O5. The minimum absolute atomic E-state index is 0.00986. The maximum atomic E-state index is 14.8. The molecule has 15 heteroatoms. The summed E-state index contributed by atoms with van der Waals surface area (Å²) in [6.45, 7) is 7.87. The minimum atomic E-state index is -6.06. The van der Waals surface area contributed by atoms with Crippen molar-refractivity contribution >= 4 is 11.9 Å². The largest absolute Gasteiger partial charge is 0.488 e. The third-order valence-corrected chi connectivity index (χ3v) is 7.99. The highest BCUT2D eigenvalue weighted by Gasteiger charge is 2.71. The number of hydrogen-bond acceptors (Lipinski definition) is 6. The quantitative estimate of drug-likeness (QED) is 0.147. The Morgan fingerprint density at radius 3 is 2.04 bits per heavy atom. The maximum absolute atomic E-state index is 14.8. The van der Waals surface area contributed by atoms with Crippen molar-refractivity contribution in [2.45, 2.75) is 96.4 Å².